The van der Waals surface area contributed by atoms with Crippen LogP contribution in [0, 0.1) is 17.8 Å². The van der Waals surface area contributed by atoms with Gasteiger partial charge in [-0.25, -0.2) is 9.59 Å². The summed E-state index contributed by atoms with van der Waals surface area (Å²) >= 11 is 0. The Hall–Kier alpha value is -7.53. The van der Waals surface area contributed by atoms with Crippen LogP contribution in [0.15, 0.2) is 138 Å². The summed E-state index contributed by atoms with van der Waals surface area (Å²) in [6, 6.07) is 39.4. The van der Waals surface area contributed by atoms with Crippen molar-refractivity contribution >= 4 is 34.8 Å². The molecule has 0 unspecified atom stereocenters. The van der Waals surface area contributed by atoms with E-state index in [1.807, 2.05) is 35.2 Å². The lowest BCUT2D eigenvalue weighted by Crippen LogP contribution is -2.47. The molecule has 3 aliphatic rings. The summed E-state index contributed by atoms with van der Waals surface area (Å²) in [5, 5.41) is 34.5. The second kappa shape index (κ2) is 25.7. The number of nitrogens with one attached hydrogen (secondary N) is 1. The standard InChI is InChI=1S/C64H75N5O11/c1-63(2,3)80-62(76)69(41-56(71)53-21-23-55(70)58-54(53)22-24-57(72)65-58)36-27-44-17-19-48(20-18-44)59(73)68-37-30-49(31-38-68)60(74)67-34-28-47(29-35-67)42-78-52-16-10-15-51(39-52)64(77,50-13-8-5-9-14-50)61(75)79-43-46-25-32-66(33-26-46)40-45-11-6-4-7-12-45/h4-24,39,46-47,49,56,70-71,77H,25-38,40-43H2,1-3H3,(H,65,72)/t56-,64-/m0/s1. The van der Waals surface area contributed by atoms with E-state index in [0.29, 0.717) is 85.4 Å². The summed E-state index contributed by atoms with van der Waals surface area (Å²) in [5.41, 5.74) is 0.853. The number of phenolic OH excluding ortho intramolecular Hbond substituents is 1. The molecule has 0 saturated carbocycles. The molecule has 3 aliphatic heterocycles. The Balaban J connectivity index is 0.720. The smallest absolute Gasteiger partial charge is 0.410 e. The first-order valence-electron chi connectivity index (χ1n) is 28.1. The van der Waals surface area contributed by atoms with Gasteiger partial charge in [-0.05, 0) is 149 Å². The third kappa shape index (κ3) is 14.3. The number of rotatable bonds is 18. The number of hydrogen-bond donors (Lipinski definition) is 4. The zero-order valence-corrected chi connectivity index (χ0v) is 46.1. The minimum absolute atomic E-state index is 0.110. The summed E-state index contributed by atoms with van der Waals surface area (Å²) in [7, 11) is 0. The van der Waals surface area contributed by atoms with Crippen LogP contribution in [-0.4, -0.2) is 135 Å². The van der Waals surface area contributed by atoms with Gasteiger partial charge in [-0.1, -0.05) is 91.0 Å². The van der Waals surface area contributed by atoms with Gasteiger partial charge < -0.3 is 49.2 Å². The molecule has 3 saturated heterocycles. The number of hydrogen-bond acceptors (Lipinski definition) is 12. The van der Waals surface area contributed by atoms with Crippen LogP contribution < -0.4 is 10.3 Å². The van der Waals surface area contributed by atoms with Gasteiger partial charge in [0, 0.05) is 67.8 Å². The monoisotopic (exact) mass is 1090 g/mol. The molecular weight excluding hydrogens is 1010 g/mol. The molecule has 3 amide bonds. The number of carbonyl (C=O) groups excluding carboxylic acids is 4. The van der Waals surface area contributed by atoms with Gasteiger partial charge in [0.05, 0.1) is 31.4 Å². The van der Waals surface area contributed by atoms with E-state index in [4.69, 9.17) is 14.2 Å². The topological polar surface area (TPSA) is 202 Å². The zero-order chi connectivity index (χ0) is 56.4. The average Bonchev–Trinajstić information content (AvgIpc) is 3.47. The predicted octanol–water partition coefficient (Wildman–Crippen LogP) is 8.61. The van der Waals surface area contributed by atoms with Gasteiger partial charge in [-0.3, -0.25) is 19.3 Å². The Labute approximate surface area is 467 Å². The number of benzene rings is 5. The quantitative estimate of drug-likeness (QED) is 0.0598. The minimum atomic E-state index is -2.04. The highest BCUT2D eigenvalue weighted by molar-refractivity contribution is 5.94. The highest BCUT2D eigenvalue weighted by Gasteiger charge is 2.43. The molecule has 5 aromatic carbocycles. The third-order valence-electron chi connectivity index (χ3n) is 15.9. The van der Waals surface area contributed by atoms with Crippen molar-refractivity contribution in [2.24, 2.45) is 17.8 Å². The predicted molar refractivity (Wildman–Crippen MR) is 304 cm³/mol. The van der Waals surface area contributed by atoms with Crippen LogP contribution in [0.1, 0.15) is 104 Å². The van der Waals surface area contributed by atoms with Crippen molar-refractivity contribution in [3.63, 3.8) is 0 Å². The van der Waals surface area contributed by atoms with E-state index in [0.717, 1.165) is 50.9 Å². The lowest BCUT2D eigenvalue weighted by molar-refractivity contribution is -0.164. The van der Waals surface area contributed by atoms with Crippen molar-refractivity contribution in [3.05, 3.63) is 177 Å². The van der Waals surface area contributed by atoms with Crippen LogP contribution in [0.5, 0.6) is 11.5 Å². The maximum atomic E-state index is 14.0. The van der Waals surface area contributed by atoms with Crippen molar-refractivity contribution in [2.45, 2.75) is 89.6 Å². The highest BCUT2D eigenvalue weighted by Crippen LogP contribution is 2.35. The molecule has 16 heteroatoms. The van der Waals surface area contributed by atoms with Gasteiger partial charge in [0.2, 0.25) is 17.1 Å². The maximum Gasteiger partial charge on any atom is 0.410 e. The summed E-state index contributed by atoms with van der Waals surface area (Å²) in [4.78, 5) is 77.1. The highest BCUT2D eigenvalue weighted by atomic mass is 16.6. The Morgan fingerprint density at radius 2 is 1.34 bits per heavy atom. The SMILES string of the molecule is CC(C)(C)OC(=O)N(CCc1ccc(C(=O)N2CCC(C(=O)N3CCC(COc4cccc([C@](O)(C(=O)OCC5CCN(Cc6ccccc6)CC5)c5ccccc5)c4)CC3)CC2)cc1)C[C@H](O)c1ccc(O)c2[nH]c(=O)ccc12. The van der Waals surface area contributed by atoms with Crippen LogP contribution in [-0.2, 0) is 37.6 Å². The first-order valence-corrected chi connectivity index (χ1v) is 28.1. The zero-order valence-electron chi connectivity index (χ0n) is 46.1. The van der Waals surface area contributed by atoms with E-state index in [-0.39, 0.29) is 60.5 Å². The average molecular weight is 1090 g/mol. The molecule has 80 heavy (non-hydrogen) atoms. The molecular formula is C64H75N5O11. The summed E-state index contributed by atoms with van der Waals surface area (Å²) in [6.45, 7) is 10.9. The Morgan fingerprint density at radius 1 is 0.700 bits per heavy atom. The number of aromatic amines is 1. The molecule has 9 rings (SSSR count). The number of amides is 3. The molecule has 0 spiro atoms. The molecule has 3 fully saturated rings. The van der Waals surface area contributed by atoms with Crippen LogP contribution in [0.3, 0.4) is 0 Å². The Morgan fingerprint density at radius 3 is 2.02 bits per heavy atom. The van der Waals surface area contributed by atoms with E-state index in [1.54, 1.807) is 86.3 Å². The fraction of sp³-hybridized carbons (Fsp3) is 0.422. The Bertz CT molecular complexity index is 3120. The first-order chi connectivity index (χ1) is 38.5. The number of aromatic nitrogens is 1. The van der Waals surface area contributed by atoms with Crippen molar-refractivity contribution < 1.29 is 48.7 Å². The second-order valence-corrected chi connectivity index (χ2v) is 22.7. The van der Waals surface area contributed by atoms with Gasteiger partial charge in [-0.2, -0.15) is 0 Å². The molecule has 0 radical (unpaired) electrons. The molecule has 4 heterocycles. The van der Waals surface area contributed by atoms with Gasteiger partial charge in [-0.15, -0.1) is 0 Å². The fourth-order valence-electron chi connectivity index (χ4n) is 11.2. The number of likely N-dealkylation sites (tertiary alicyclic amines) is 3. The molecule has 0 bridgehead atoms. The number of pyridine rings is 1. The first kappa shape index (κ1) is 57.2. The van der Waals surface area contributed by atoms with Crippen molar-refractivity contribution in [1.82, 2.24) is 24.6 Å². The largest absolute Gasteiger partial charge is 0.506 e. The number of aliphatic hydroxyl groups excluding tert-OH is 1. The second-order valence-electron chi connectivity index (χ2n) is 22.7. The number of aliphatic hydroxyl groups is 2. The number of ether oxygens (including phenoxy) is 3. The van der Waals surface area contributed by atoms with Gasteiger partial charge in [0.15, 0.2) is 0 Å². The third-order valence-corrected chi connectivity index (χ3v) is 15.9. The summed E-state index contributed by atoms with van der Waals surface area (Å²) in [5.74, 6) is -0.0775. The van der Waals surface area contributed by atoms with Gasteiger partial charge in [0.25, 0.3) is 5.91 Å². The molecule has 4 N–H and O–H groups in total. The number of aromatic hydroxyl groups is 1. The number of nitrogens with zero attached hydrogens (tertiary/aromatic N) is 4. The lowest BCUT2D eigenvalue weighted by atomic mass is 9.86. The molecule has 6 aromatic rings. The van der Waals surface area contributed by atoms with E-state index in [2.05, 4.69) is 34.1 Å². The number of H-pyrrole nitrogens is 1. The molecule has 2 atom stereocenters. The Kier molecular flexibility index (Phi) is 18.4. The van der Waals surface area contributed by atoms with Crippen molar-refractivity contribution in [2.75, 3.05) is 65.6 Å². The van der Waals surface area contributed by atoms with E-state index in [9.17, 15) is 39.3 Å². The summed E-state index contributed by atoms with van der Waals surface area (Å²) in [6.07, 6.45) is 3.13. The summed E-state index contributed by atoms with van der Waals surface area (Å²) < 4.78 is 18.0. The molecule has 1 aromatic heterocycles. The van der Waals surface area contributed by atoms with E-state index < -0.39 is 34.9 Å². The molecule has 0 aliphatic carbocycles. The number of fused-ring (bicyclic) bond motifs is 1. The van der Waals surface area contributed by atoms with Crippen LogP contribution in [0.25, 0.3) is 10.9 Å². The van der Waals surface area contributed by atoms with E-state index >= 15 is 0 Å². The van der Waals surface area contributed by atoms with E-state index in [1.165, 1.54) is 28.7 Å². The van der Waals surface area contributed by atoms with Crippen LogP contribution in [0.4, 0.5) is 4.79 Å². The van der Waals surface area contributed by atoms with Crippen LogP contribution >= 0.6 is 0 Å². The number of carbonyl (C=O) groups is 4. The number of piperidine rings is 3. The van der Waals surface area contributed by atoms with Gasteiger partial charge >= 0.3 is 12.1 Å². The minimum Gasteiger partial charge on any atom is -0.506 e. The normalized spacial score (nSPS) is 17.1. The van der Waals surface area contributed by atoms with Crippen molar-refractivity contribution in [1.29, 1.82) is 0 Å². The van der Waals surface area contributed by atoms with Crippen LogP contribution in [0.2, 0.25) is 0 Å². The molecule has 16 nitrogen and oxygen atoms in total. The van der Waals surface area contributed by atoms with Crippen molar-refractivity contribution in [3.8, 4) is 11.5 Å². The number of esters is 1. The lowest BCUT2D eigenvalue weighted by Gasteiger charge is -2.37. The maximum absolute atomic E-state index is 14.0. The fourth-order valence-corrected chi connectivity index (χ4v) is 11.2. The van der Waals surface area contributed by atoms with Gasteiger partial charge in [0.1, 0.15) is 17.1 Å². The number of phenols is 1. The molecule has 422 valence electrons.